The molecule has 106 valence electrons. The Kier molecular flexibility index (Phi) is 3.83. The van der Waals surface area contributed by atoms with Crippen LogP contribution in [0.3, 0.4) is 0 Å². The maximum atomic E-state index is 10.7. The van der Waals surface area contributed by atoms with E-state index < -0.39 is 11.9 Å². The van der Waals surface area contributed by atoms with Gasteiger partial charge in [-0.05, 0) is 19.1 Å². The second kappa shape index (κ2) is 5.55. The quantitative estimate of drug-likeness (QED) is 0.807. The molecule has 0 aromatic carbocycles. The summed E-state index contributed by atoms with van der Waals surface area (Å²) >= 11 is 0. The molecule has 2 aromatic heterocycles. The van der Waals surface area contributed by atoms with Crippen molar-refractivity contribution in [2.75, 3.05) is 0 Å². The standard InChI is InChI=1S/C12H13N3O5/c1-7-9(3-5-11(16)17)13-14-15(7)6-8-2-4-10(20-8)12(18)19/h2,4H,3,5-6H2,1H3,(H,16,17)(H,18,19). The molecule has 0 aliphatic heterocycles. The van der Waals surface area contributed by atoms with Crippen molar-refractivity contribution in [2.24, 2.45) is 0 Å². The monoisotopic (exact) mass is 279 g/mol. The molecule has 0 spiro atoms. The summed E-state index contributed by atoms with van der Waals surface area (Å²) < 4.78 is 6.67. The third-order valence-corrected chi connectivity index (χ3v) is 2.83. The first-order valence-corrected chi connectivity index (χ1v) is 5.90. The van der Waals surface area contributed by atoms with Gasteiger partial charge in [-0.15, -0.1) is 5.10 Å². The van der Waals surface area contributed by atoms with Gasteiger partial charge in [0.15, 0.2) is 0 Å². The maximum absolute atomic E-state index is 10.7. The smallest absolute Gasteiger partial charge is 0.371 e. The van der Waals surface area contributed by atoms with Crippen LogP contribution in [0.4, 0.5) is 0 Å². The lowest BCUT2D eigenvalue weighted by Crippen LogP contribution is -2.04. The summed E-state index contributed by atoms with van der Waals surface area (Å²) in [6.07, 6.45) is 0.295. The molecule has 8 nitrogen and oxygen atoms in total. The van der Waals surface area contributed by atoms with Crippen molar-refractivity contribution in [3.8, 4) is 0 Å². The molecule has 2 N–H and O–H groups in total. The van der Waals surface area contributed by atoms with Crippen molar-refractivity contribution in [1.82, 2.24) is 15.0 Å². The number of carbonyl (C=O) groups is 2. The number of aliphatic carboxylic acids is 1. The maximum Gasteiger partial charge on any atom is 0.371 e. The van der Waals surface area contributed by atoms with Gasteiger partial charge in [-0.2, -0.15) is 0 Å². The Balaban J connectivity index is 2.09. The number of carboxylic acids is 2. The molecule has 0 saturated heterocycles. The van der Waals surface area contributed by atoms with Gasteiger partial charge in [0.1, 0.15) is 12.3 Å². The van der Waals surface area contributed by atoms with Gasteiger partial charge >= 0.3 is 11.9 Å². The molecule has 2 rings (SSSR count). The molecular weight excluding hydrogens is 266 g/mol. The lowest BCUT2D eigenvalue weighted by Gasteiger charge is -2.01. The topological polar surface area (TPSA) is 118 Å². The number of rotatable bonds is 6. The van der Waals surface area contributed by atoms with E-state index in [4.69, 9.17) is 14.6 Å². The van der Waals surface area contributed by atoms with Gasteiger partial charge in [0.2, 0.25) is 5.76 Å². The summed E-state index contributed by atoms with van der Waals surface area (Å²) in [4.78, 5) is 21.2. The second-order valence-electron chi connectivity index (χ2n) is 4.24. The summed E-state index contributed by atoms with van der Waals surface area (Å²) in [5, 5.41) is 25.2. The van der Waals surface area contributed by atoms with Crippen LogP contribution in [0.15, 0.2) is 16.5 Å². The van der Waals surface area contributed by atoms with Gasteiger partial charge in [0.05, 0.1) is 17.8 Å². The van der Waals surface area contributed by atoms with Crippen LogP contribution in [0.2, 0.25) is 0 Å². The number of aryl methyl sites for hydroxylation is 1. The molecular formula is C12H13N3O5. The normalized spacial score (nSPS) is 10.7. The Hall–Kier alpha value is -2.64. The number of aromatic carboxylic acids is 1. The van der Waals surface area contributed by atoms with E-state index in [1.54, 1.807) is 17.7 Å². The SMILES string of the molecule is Cc1c(CCC(=O)O)nnn1Cc1ccc(C(=O)O)o1. The highest BCUT2D eigenvalue weighted by Crippen LogP contribution is 2.12. The van der Waals surface area contributed by atoms with Gasteiger partial charge in [-0.1, -0.05) is 5.21 Å². The van der Waals surface area contributed by atoms with Gasteiger partial charge in [0.25, 0.3) is 0 Å². The lowest BCUT2D eigenvalue weighted by molar-refractivity contribution is -0.136. The van der Waals surface area contributed by atoms with Crippen LogP contribution in [0, 0.1) is 6.92 Å². The van der Waals surface area contributed by atoms with E-state index >= 15 is 0 Å². The number of hydrogen-bond acceptors (Lipinski definition) is 5. The van der Waals surface area contributed by atoms with Crippen LogP contribution < -0.4 is 0 Å². The first-order valence-electron chi connectivity index (χ1n) is 5.90. The first-order chi connectivity index (χ1) is 9.47. The molecule has 0 aliphatic rings. The van der Waals surface area contributed by atoms with E-state index in [0.29, 0.717) is 17.9 Å². The van der Waals surface area contributed by atoms with E-state index in [1.165, 1.54) is 6.07 Å². The number of nitrogens with zero attached hydrogens (tertiary/aromatic N) is 3. The summed E-state index contributed by atoms with van der Waals surface area (Å²) in [7, 11) is 0. The van der Waals surface area contributed by atoms with Crippen LogP contribution in [-0.4, -0.2) is 37.1 Å². The van der Waals surface area contributed by atoms with Crippen LogP contribution in [-0.2, 0) is 17.8 Å². The zero-order valence-electron chi connectivity index (χ0n) is 10.7. The Morgan fingerprint density at radius 3 is 2.70 bits per heavy atom. The van der Waals surface area contributed by atoms with Crippen molar-refractivity contribution in [1.29, 1.82) is 0 Å². The van der Waals surface area contributed by atoms with E-state index in [1.807, 2.05) is 0 Å². The average Bonchev–Trinajstić information content (AvgIpc) is 2.97. The number of carboxylic acid groups (broad SMARTS) is 2. The lowest BCUT2D eigenvalue weighted by atomic mass is 10.2. The largest absolute Gasteiger partial charge is 0.481 e. The molecule has 2 aromatic rings. The second-order valence-corrected chi connectivity index (χ2v) is 4.24. The predicted molar refractivity (Wildman–Crippen MR) is 65.5 cm³/mol. The summed E-state index contributed by atoms with van der Waals surface area (Å²) in [6.45, 7) is 2.03. The van der Waals surface area contributed by atoms with E-state index in [-0.39, 0.29) is 18.7 Å². The number of aromatic nitrogens is 3. The molecule has 0 amide bonds. The first kappa shape index (κ1) is 13.8. The third kappa shape index (κ3) is 3.02. The molecule has 0 fully saturated rings. The fraction of sp³-hybridized carbons (Fsp3) is 0.333. The molecule has 20 heavy (non-hydrogen) atoms. The Morgan fingerprint density at radius 1 is 1.35 bits per heavy atom. The predicted octanol–water partition coefficient (Wildman–Crippen LogP) is 0.943. The number of furan rings is 1. The van der Waals surface area contributed by atoms with Crippen LogP contribution in [0.5, 0.6) is 0 Å². The highest BCUT2D eigenvalue weighted by atomic mass is 16.4. The Labute approximate surface area is 113 Å². The van der Waals surface area contributed by atoms with Crippen LogP contribution in [0.1, 0.15) is 34.1 Å². The minimum absolute atomic E-state index is 0.0105. The van der Waals surface area contributed by atoms with Gasteiger partial charge < -0.3 is 14.6 Å². The third-order valence-electron chi connectivity index (χ3n) is 2.83. The van der Waals surface area contributed by atoms with Crippen molar-refractivity contribution in [3.63, 3.8) is 0 Å². The van der Waals surface area contributed by atoms with E-state index in [9.17, 15) is 9.59 Å². The zero-order chi connectivity index (χ0) is 14.7. The summed E-state index contributed by atoms with van der Waals surface area (Å²) in [5.74, 6) is -1.71. The molecule has 0 saturated carbocycles. The molecule has 0 atom stereocenters. The van der Waals surface area contributed by atoms with Crippen LogP contribution >= 0.6 is 0 Å². The molecule has 0 aliphatic carbocycles. The fourth-order valence-electron chi connectivity index (χ4n) is 1.73. The van der Waals surface area contributed by atoms with Crippen LogP contribution in [0.25, 0.3) is 0 Å². The number of hydrogen-bond donors (Lipinski definition) is 2. The summed E-state index contributed by atoms with van der Waals surface area (Å²) in [5.41, 5.74) is 1.34. The Morgan fingerprint density at radius 2 is 2.10 bits per heavy atom. The molecule has 0 unspecified atom stereocenters. The van der Waals surface area contributed by atoms with Crippen molar-refractivity contribution < 1.29 is 24.2 Å². The highest BCUT2D eigenvalue weighted by Gasteiger charge is 2.13. The van der Waals surface area contributed by atoms with Gasteiger partial charge in [-0.3, -0.25) is 4.79 Å². The van der Waals surface area contributed by atoms with Gasteiger partial charge in [0, 0.05) is 6.42 Å². The fourth-order valence-corrected chi connectivity index (χ4v) is 1.73. The molecule has 0 bridgehead atoms. The highest BCUT2D eigenvalue weighted by molar-refractivity contribution is 5.84. The Bertz CT molecular complexity index is 643. The molecule has 2 heterocycles. The van der Waals surface area contributed by atoms with E-state index in [0.717, 1.165) is 5.69 Å². The van der Waals surface area contributed by atoms with Gasteiger partial charge in [-0.25, -0.2) is 9.48 Å². The zero-order valence-corrected chi connectivity index (χ0v) is 10.7. The minimum Gasteiger partial charge on any atom is -0.481 e. The van der Waals surface area contributed by atoms with Crippen molar-refractivity contribution in [2.45, 2.75) is 26.3 Å². The van der Waals surface area contributed by atoms with Crippen molar-refractivity contribution >= 4 is 11.9 Å². The van der Waals surface area contributed by atoms with E-state index in [2.05, 4.69) is 10.3 Å². The molecule has 8 heteroatoms. The minimum atomic E-state index is -1.13. The molecule has 0 radical (unpaired) electrons. The summed E-state index contributed by atoms with van der Waals surface area (Å²) in [6, 6.07) is 2.93. The van der Waals surface area contributed by atoms with Crippen molar-refractivity contribution in [3.05, 3.63) is 35.0 Å². The average molecular weight is 279 g/mol.